The maximum atomic E-state index is 11.0. The quantitative estimate of drug-likeness (QED) is 0.674. The molecule has 5 heteroatoms. The Kier molecular flexibility index (Phi) is 4.42. The molecule has 0 fully saturated rings. The highest BCUT2D eigenvalue weighted by Crippen LogP contribution is 2.27. The fourth-order valence-corrected chi connectivity index (χ4v) is 2.24. The number of nitro groups is 1. The number of aryl methyl sites for hydroxylation is 1. The average Bonchev–Trinajstić information content (AvgIpc) is 2.46. The molecule has 0 spiro atoms. The molecule has 2 rings (SSSR count). The number of nitrogens with zero attached hydrogens (tertiary/aromatic N) is 2. The van der Waals surface area contributed by atoms with Crippen LogP contribution in [0.4, 0.5) is 17.1 Å². The minimum Gasteiger partial charge on any atom is -0.388 e. The molecule has 0 aliphatic carbocycles. The number of hydrogen-bond acceptors (Lipinski definition) is 4. The molecule has 2 aromatic rings. The Morgan fingerprint density at radius 1 is 1.24 bits per heavy atom. The van der Waals surface area contributed by atoms with Crippen molar-refractivity contribution in [2.45, 2.75) is 13.5 Å². The van der Waals surface area contributed by atoms with Gasteiger partial charge in [0.2, 0.25) is 0 Å². The summed E-state index contributed by atoms with van der Waals surface area (Å²) in [5, 5.41) is 14.0. The first-order valence-electron chi connectivity index (χ1n) is 6.73. The normalized spacial score (nSPS) is 10.2. The van der Waals surface area contributed by atoms with Crippen LogP contribution in [0.1, 0.15) is 11.1 Å². The van der Waals surface area contributed by atoms with E-state index in [0.717, 1.165) is 11.4 Å². The molecule has 0 amide bonds. The van der Waals surface area contributed by atoms with Crippen molar-refractivity contribution in [3.8, 4) is 0 Å². The largest absolute Gasteiger partial charge is 0.388 e. The zero-order valence-corrected chi connectivity index (χ0v) is 12.5. The summed E-state index contributed by atoms with van der Waals surface area (Å²) >= 11 is 0. The Morgan fingerprint density at radius 2 is 2.00 bits per heavy atom. The van der Waals surface area contributed by atoms with E-state index in [1.54, 1.807) is 13.1 Å². The van der Waals surface area contributed by atoms with E-state index in [2.05, 4.69) is 30.4 Å². The molecular weight excluding hydrogens is 266 g/mol. The molecule has 0 heterocycles. The van der Waals surface area contributed by atoms with Gasteiger partial charge in [0.25, 0.3) is 5.69 Å². The van der Waals surface area contributed by atoms with Gasteiger partial charge >= 0.3 is 0 Å². The highest BCUT2D eigenvalue weighted by atomic mass is 16.6. The molecule has 0 aliphatic heterocycles. The Morgan fingerprint density at radius 3 is 2.62 bits per heavy atom. The van der Waals surface area contributed by atoms with Gasteiger partial charge < -0.3 is 10.2 Å². The van der Waals surface area contributed by atoms with E-state index in [9.17, 15) is 10.1 Å². The molecule has 0 atom stereocenters. The van der Waals surface area contributed by atoms with E-state index in [-0.39, 0.29) is 10.6 Å². The third-order valence-corrected chi connectivity index (χ3v) is 3.35. The van der Waals surface area contributed by atoms with Gasteiger partial charge in [0.1, 0.15) is 0 Å². The van der Waals surface area contributed by atoms with Gasteiger partial charge in [0.15, 0.2) is 0 Å². The summed E-state index contributed by atoms with van der Waals surface area (Å²) in [7, 11) is 3.68. The lowest BCUT2D eigenvalue weighted by Gasteiger charge is -2.20. The van der Waals surface area contributed by atoms with Crippen LogP contribution in [0.5, 0.6) is 0 Å². The highest BCUT2D eigenvalue weighted by molar-refractivity contribution is 5.64. The zero-order valence-electron chi connectivity index (χ0n) is 12.5. The molecule has 5 nitrogen and oxygen atoms in total. The zero-order chi connectivity index (χ0) is 15.4. The van der Waals surface area contributed by atoms with Crippen LogP contribution in [0.15, 0.2) is 42.5 Å². The molecule has 0 radical (unpaired) electrons. The maximum Gasteiger partial charge on any atom is 0.273 e. The van der Waals surface area contributed by atoms with E-state index in [1.165, 1.54) is 17.2 Å². The van der Waals surface area contributed by atoms with Crippen LogP contribution in [0.3, 0.4) is 0 Å². The smallest absolute Gasteiger partial charge is 0.273 e. The number of benzene rings is 2. The first kappa shape index (κ1) is 14.8. The summed E-state index contributed by atoms with van der Waals surface area (Å²) in [5.74, 6) is 0. The number of nitro benzene ring substituents is 1. The number of nitrogens with one attached hydrogen (secondary N) is 1. The lowest BCUT2D eigenvalue weighted by atomic mass is 10.1. The Balaban J connectivity index is 2.27. The van der Waals surface area contributed by atoms with Crippen molar-refractivity contribution in [3.63, 3.8) is 0 Å². The SMILES string of the molecule is CNc1cc(N(C)Cc2cccc(C)c2)cc([N+](=O)[O-])c1. The molecule has 0 bridgehead atoms. The molecule has 0 aliphatic rings. The van der Waals surface area contributed by atoms with Gasteiger partial charge in [0, 0.05) is 44.1 Å². The van der Waals surface area contributed by atoms with Gasteiger partial charge in [-0.1, -0.05) is 29.8 Å². The van der Waals surface area contributed by atoms with Crippen LogP contribution in [-0.4, -0.2) is 19.0 Å². The summed E-state index contributed by atoms with van der Waals surface area (Å²) in [6, 6.07) is 13.3. The third kappa shape index (κ3) is 3.72. The monoisotopic (exact) mass is 285 g/mol. The summed E-state index contributed by atoms with van der Waals surface area (Å²) in [4.78, 5) is 12.6. The summed E-state index contributed by atoms with van der Waals surface area (Å²) in [6.45, 7) is 2.75. The number of non-ortho nitro benzene ring substituents is 1. The second-order valence-corrected chi connectivity index (χ2v) is 5.09. The first-order chi connectivity index (χ1) is 9.99. The van der Waals surface area contributed by atoms with Crippen molar-refractivity contribution in [2.24, 2.45) is 0 Å². The Labute approximate surface area is 124 Å². The van der Waals surface area contributed by atoms with Gasteiger partial charge in [-0.2, -0.15) is 0 Å². The van der Waals surface area contributed by atoms with Gasteiger partial charge in [-0.15, -0.1) is 0 Å². The Hall–Kier alpha value is -2.56. The second kappa shape index (κ2) is 6.26. The number of rotatable bonds is 5. The van der Waals surface area contributed by atoms with Crippen molar-refractivity contribution in [1.82, 2.24) is 0 Å². The van der Waals surface area contributed by atoms with E-state index in [0.29, 0.717) is 6.54 Å². The highest BCUT2D eigenvalue weighted by Gasteiger charge is 2.12. The predicted octanol–water partition coefficient (Wildman–Crippen LogP) is 3.58. The molecule has 0 saturated heterocycles. The topological polar surface area (TPSA) is 58.4 Å². The van der Waals surface area contributed by atoms with Crippen molar-refractivity contribution in [3.05, 3.63) is 63.7 Å². The van der Waals surface area contributed by atoms with Crippen LogP contribution >= 0.6 is 0 Å². The minimum absolute atomic E-state index is 0.0907. The van der Waals surface area contributed by atoms with Crippen LogP contribution in [0, 0.1) is 17.0 Å². The van der Waals surface area contributed by atoms with E-state index in [1.807, 2.05) is 24.1 Å². The van der Waals surface area contributed by atoms with Gasteiger partial charge in [0.05, 0.1) is 4.92 Å². The van der Waals surface area contributed by atoms with E-state index < -0.39 is 0 Å². The fraction of sp³-hybridized carbons (Fsp3) is 0.250. The molecule has 2 aromatic carbocycles. The lowest BCUT2D eigenvalue weighted by Crippen LogP contribution is -2.16. The maximum absolute atomic E-state index is 11.0. The van der Waals surface area contributed by atoms with E-state index in [4.69, 9.17) is 0 Å². The first-order valence-corrected chi connectivity index (χ1v) is 6.73. The molecule has 110 valence electrons. The molecular formula is C16H19N3O2. The van der Waals surface area contributed by atoms with Crippen molar-refractivity contribution in [1.29, 1.82) is 0 Å². The molecule has 1 N–H and O–H groups in total. The molecule has 0 unspecified atom stereocenters. The third-order valence-electron chi connectivity index (χ3n) is 3.35. The number of hydrogen-bond donors (Lipinski definition) is 1. The van der Waals surface area contributed by atoms with E-state index >= 15 is 0 Å². The lowest BCUT2D eigenvalue weighted by molar-refractivity contribution is -0.384. The standard InChI is InChI=1S/C16H19N3O2/c1-12-5-4-6-13(7-12)11-18(3)15-8-14(17-2)9-16(10-15)19(20)21/h4-10,17H,11H2,1-3H3. The van der Waals surface area contributed by atoms with Gasteiger partial charge in [-0.25, -0.2) is 0 Å². The summed E-state index contributed by atoms with van der Waals surface area (Å²) < 4.78 is 0. The fourth-order valence-electron chi connectivity index (χ4n) is 2.24. The number of anilines is 2. The second-order valence-electron chi connectivity index (χ2n) is 5.09. The van der Waals surface area contributed by atoms with Crippen LogP contribution in [0.2, 0.25) is 0 Å². The van der Waals surface area contributed by atoms with Crippen molar-refractivity contribution < 1.29 is 4.92 Å². The van der Waals surface area contributed by atoms with Gasteiger partial charge in [-0.3, -0.25) is 10.1 Å². The van der Waals surface area contributed by atoms with Crippen LogP contribution in [-0.2, 0) is 6.54 Å². The molecule has 0 aromatic heterocycles. The Bertz CT molecular complexity index is 656. The minimum atomic E-state index is -0.370. The van der Waals surface area contributed by atoms with Gasteiger partial charge in [-0.05, 0) is 18.6 Å². The average molecular weight is 285 g/mol. The molecule has 0 saturated carbocycles. The van der Waals surface area contributed by atoms with Crippen LogP contribution in [0.25, 0.3) is 0 Å². The predicted molar refractivity (Wildman–Crippen MR) is 85.9 cm³/mol. The van der Waals surface area contributed by atoms with Crippen LogP contribution < -0.4 is 10.2 Å². The van der Waals surface area contributed by atoms with Crippen molar-refractivity contribution >= 4 is 17.1 Å². The van der Waals surface area contributed by atoms with Crippen molar-refractivity contribution in [2.75, 3.05) is 24.3 Å². The summed E-state index contributed by atoms with van der Waals surface area (Å²) in [6.07, 6.45) is 0. The summed E-state index contributed by atoms with van der Waals surface area (Å²) in [5.41, 5.74) is 4.02. The molecule has 21 heavy (non-hydrogen) atoms.